The number of rotatable bonds is 2. The molecular formula is C16H19F3N6O3. The Labute approximate surface area is 158 Å². The number of carbonyl (C=O) groups is 2. The van der Waals surface area contributed by atoms with E-state index in [0.717, 1.165) is 18.8 Å². The predicted octanol–water partition coefficient (Wildman–Crippen LogP) is 1.12. The van der Waals surface area contributed by atoms with Crippen LogP contribution in [-0.4, -0.2) is 73.4 Å². The molecule has 2 aromatic rings. The third-order valence-corrected chi connectivity index (χ3v) is 3.88. The number of nitrogens with one attached hydrogen (secondary N) is 1. The highest BCUT2D eigenvalue weighted by molar-refractivity contribution is 5.90. The molecule has 1 aliphatic rings. The van der Waals surface area contributed by atoms with Gasteiger partial charge in [-0.1, -0.05) is 18.2 Å². The van der Waals surface area contributed by atoms with E-state index in [9.17, 15) is 18.0 Å². The second kappa shape index (κ2) is 8.33. The molecule has 1 fully saturated rings. The number of piperazine rings is 1. The van der Waals surface area contributed by atoms with Gasteiger partial charge in [-0.05, 0) is 31.2 Å². The van der Waals surface area contributed by atoms with Crippen LogP contribution in [0.3, 0.4) is 0 Å². The number of carboxylic acid groups (broad SMARTS) is 1. The monoisotopic (exact) mass is 400 g/mol. The lowest BCUT2D eigenvalue weighted by molar-refractivity contribution is -0.192. The molecule has 0 unspecified atom stereocenters. The van der Waals surface area contributed by atoms with Crippen molar-refractivity contribution in [1.29, 1.82) is 0 Å². The fourth-order valence-corrected chi connectivity index (χ4v) is 2.45. The number of carbonyl (C=O) groups excluding carboxylic acids is 1. The minimum atomic E-state index is -5.08. The Bertz CT molecular complexity index is 823. The summed E-state index contributed by atoms with van der Waals surface area (Å²) in [7, 11) is 0. The van der Waals surface area contributed by atoms with Crippen LogP contribution >= 0.6 is 0 Å². The van der Waals surface area contributed by atoms with Crippen LogP contribution in [0.4, 0.5) is 13.2 Å². The number of hydrogen-bond acceptors (Lipinski definition) is 6. The first kappa shape index (κ1) is 21.3. The number of aromatic nitrogens is 4. The van der Waals surface area contributed by atoms with Gasteiger partial charge in [0.2, 0.25) is 0 Å². The van der Waals surface area contributed by atoms with Gasteiger partial charge in [-0.3, -0.25) is 4.79 Å². The van der Waals surface area contributed by atoms with Crippen molar-refractivity contribution in [1.82, 2.24) is 30.4 Å². The fraction of sp³-hybridized carbons (Fsp3) is 0.438. The number of aliphatic carboxylic acids is 1. The average molecular weight is 400 g/mol. The van der Waals surface area contributed by atoms with Gasteiger partial charge in [0.15, 0.2) is 0 Å². The second-order valence-electron chi connectivity index (χ2n) is 6.49. The van der Waals surface area contributed by atoms with E-state index in [1.54, 1.807) is 4.90 Å². The van der Waals surface area contributed by atoms with Crippen LogP contribution in [0.2, 0.25) is 0 Å². The molecule has 1 saturated heterocycles. The lowest BCUT2D eigenvalue weighted by atomic mass is 10.00. The highest BCUT2D eigenvalue weighted by Crippen LogP contribution is 2.18. The van der Waals surface area contributed by atoms with Crippen LogP contribution in [0.5, 0.6) is 0 Å². The predicted molar refractivity (Wildman–Crippen MR) is 90.8 cm³/mol. The maximum atomic E-state index is 12.6. The summed E-state index contributed by atoms with van der Waals surface area (Å²) in [5.74, 6) is -2.80. The molecular weight excluding hydrogens is 381 g/mol. The maximum Gasteiger partial charge on any atom is 0.490 e. The number of alkyl halides is 3. The molecule has 12 heteroatoms. The number of benzene rings is 1. The summed E-state index contributed by atoms with van der Waals surface area (Å²) in [6.07, 6.45) is -5.08. The van der Waals surface area contributed by atoms with Crippen molar-refractivity contribution in [3.63, 3.8) is 0 Å². The zero-order chi connectivity index (χ0) is 20.9. The van der Waals surface area contributed by atoms with Gasteiger partial charge in [-0.15, -0.1) is 15.0 Å². The van der Waals surface area contributed by atoms with E-state index in [1.807, 2.05) is 44.2 Å². The molecule has 1 aromatic heterocycles. The van der Waals surface area contributed by atoms with Gasteiger partial charge in [0, 0.05) is 19.6 Å². The summed E-state index contributed by atoms with van der Waals surface area (Å²) in [5, 5.41) is 22.5. The molecule has 0 aliphatic carbocycles. The number of para-hydroxylation sites is 1. The van der Waals surface area contributed by atoms with Crippen molar-refractivity contribution in [3.8, 4) is 5.69 Å². The van der Waals surface area contributed by atoms with E-state index in [4.69, 9.17) is 9.90 Å². The minimum absolute atomic E-state index is 0.133. The van der Waals surface area contributed by atoms with E-state index >= 15 is 0 Å². The first-order chi connectivity index (χ1) is 13.0. The standard InChI is InChI=1S/C14H18N6O.C2HF3O2/c1-14(2)10-15-8-9-19(14)13(21)12-16-18-20(17-12)11-6-4-3-5-7-11;3-2(4,5)1(6)7/h3-7,15H,8-10H2,1-2H3;(H,6,7). The number of hydrogen-bond donors (Lipinski definition) is 2. The zero-order valence-electron chi connectivity index (χ0n) is 15.1. The smallest absolute Gasteiger partial charge is 0.475 e. The SMILES string of the molecule is CC1(C)CNCCN1C(=O)c1nnn(-c2ccccc2)n1.O=C(O)C(F)(F)F. The number of nitrogens with zero attached hydrogens (tertiary/aromatic N) is 5. The van der Waals surface area contributed by atoms with E-state index in [-0.39, 0.29) is 17.3 Å². The number of halogens is 3. The molecule has 152 valence electrons. The lowest BCUT2D eigenvalue weighted by Crippen LogP contribution is -2.60. The van der Waals surface area contributed by atoms with Gasteiger partial charge < -0.3 is 15.3 Å². The largest absolute Gasteiger partial charge is 0.490 e. The van der Waals surface area contributed by atoms with Crippen molar-refractivity contribution < 1.29 is 27.9 Å². The fourth-order valence-electron chi connectivity index (χ4n) is 2.45. The van der Waals surface area contributed by atoms with Gasteiger partial charge in [0.25, 0.3) is 11.7 Å². The van der Waals surface area contributed by atoms with Crippen molar-refractivity contribution in [2.24, 2.45) is 0 Å². The quantitative estimate of drug-likeness (QED) is 0.777. The third kappa shape index (κ3) is 5.25. The van der Waals surface area contributed by atoms with Crippen LogP contribution < -0.4 is 5.32 Å². The van der Waals surface area contributed by atoms with Crippen LogP contribution in [0.25, 0.3) is 5.69 Å². The molecule has 3 rings (SSSR count). The Morgan fingerprint density at radius 2 is 1.82 bits per heavy atom. The number of carboxylic acids is 1. The van der Waals surface area contributed by atoms with Gasteiger partial charge in [-0.2, -0.15) is 13.2 Å². The highest BCUT2D eigenvalue weighted by Gasteiger charge is 2.38. The molecule has 0 radical (unpaired) electrons. The van der Waals surface area contributed by atoms with E-state index in [0.29, 0.717) is 6.54 Å². The van der Waals surface area contributed by atoms with Crippen LogP contribution in [0, 0.1) is 0 Å². The normalized spacial score (nSPS) is 16.1. The van der Waals surface area contributed by atoms with Crippen LogP contribution in [0.15, 0.2) is 30.3 Å². The Balaban J connectivity index is 0.000000345. The number of tetrazole rings is 1. The first-order valence-electron chi connectivity index (χ1n) is 8.20. The molecule has 0 spiro atoms. The van der Waals surface area contributed by atoms with Crippen molar-refractivity contribution in [2.75, 3.05) is 19.6 Å². The van der Waals surface area contributed by atoms with Crippen molar-refractivity contribution in [3.05, 3.63) is 36.2 Å². The molecule has 2 heterocycles. The van der Waals surface area contributed by atoms with Crippen LogP contribution in [-0.2, 0) is 4.79 Å². The minimum Gasteiger partial charge on any atom is -0.475 e. The second-order valence-corrected chi connectivity index (χ2v) is 6.49. The summed E-state index contributed by atoms with van der Waals surface area (Å²) in [4.78, 5) is 24.7. The molecule has 0 saturated carbocycles. The van der Waals surface area contributed by atoms with E-state index in [2.05, 4.69) is 20.7 Å². The average Bonchev–Trinajstić information content (AvgIpc) is 3.11. The summed E-state index contributed by atoms with van der Waals surface area (Å²) in [6, 6.07) is 9.42. The molecule has 1 aromatic carbocycles. The lowest BCUT2D eigenvalue weighted by Gasteiger charge is -2.42. The summed E-state index contributed by atoms with van der Waals surface area (Å²) >= 11 is 0. The van der Waals surface area contributed by atoms with E-state index in [1.165, 1.54) is 4.80 Å². The molecule has 2 N–H and O–H groups in total. The summed E-state index contributed by atoms with van der Waals surface area (Å²) in [6.45, 7) is 6.23. The topological polar surface area (TPSA) is 113 Å². The molecule has 28 heavy (non-hydrogen) atoms. The van der Waals surface area contributed by atoms with Gasteiger partial charge in [0.1, 0.15) is 0 Å². The third-order valence-electron chi connectivity index (χ3n) is 3.88. The molecule has 1 aliphatic heterocycles. The highest BCUT2D eigenvalue weighted by atomic mass is 19.4. The van der Waals surface area contributed by atoms with E-state index < -0.39 is 12.1 Å². The Morgan fingerprint density at radius 3 is 2.36 bits per heavy atom. The van der Waals surface area contributed by atoms with Gasteiger partial charge >= 0.3 is 12.1 Å². The van der Waals surface area contributed by atoms with Crippen molar-refractivity contribution in [2.45, 2.75) is 25.6 Å². The van der Waals surface area contributed by atoms with Gasteiger partial charge in [-0.25, -0.2) is 4.79 Å². The molecule has 0 bridgehead atoms. The van der Waals surface area contributed by atoms with Crippen LogP contribution in [0.1, 0.15) is 24.5 Å². The van der Waals surface area contributed by atoms with Gasteiger partial charge in [0.05, 0.1) is 11.2 Å². The maximum absolute atomic E-state index is 12.6. The first-order valence-corrected chi connectivity index (χ1v) is 8.20. The molecule has 0 atom stereocenters. The summed E-state index contributed by atoms with van der Waals surface area (Å²) < 4.78 is 31.7. The van der Waals surface area contributed by atoms with Crippen molar-refractivity contribution >= 4 is 11.9 Å². The molecule has 9 nitrogen and oxygen atoms in total. The molecule has 1 amide bonds. The zero-order valence-corrected chi connectivity index (χ0v) is 15.1. The Kier molecular flexibility index (Phi) is 6.33. The Hall–Kier alpha value is -3.02. The summed E-state index contributed by atoms with van der Waals surface area (Å²) in [5.41, 5.74) is 0.525. The Morgan fingerprint density at radius 1 is 1.21 bits per heavy atom. The number of amides is 1.